The van der Waals surface area contributed by atoms with Gasteiger partial charge < -0.3 is 5.32 Å². The molecule has 1 N–H and O–H groups in total. The van der Waals surface area contributed by atoms with E-state index < -0.39 is 0 Å². The van der Waals surface area contributed by atoms with Gasteiger partial charge in [-0.1, -0.05) is 13.8 Å². The first-order valence-corrected chi connectivity index (χ1v) is 8.43. The highest BCUT2D eigenvalue weighted by Crippen LogP contribution is 2.33. The summed E-state index contributed by atoms with van der Waals surface area (Å²) >= 11 is 5.43. The lowest BCUT2D eigenvalue weighted by Crippen LogP contribution is -2.25. The van der Waals surface area contributed by atoms with Crippen molar-refractivity contribution in [3.05, 3.63) is 38.8 Å². The largest absolute Gasteiger partial charge is 0.304 e. The first-order valence-electron chi connectivity index (χ1n) is 6.75. The van der Waals surface area contributed by atoms with E-state index in [1.165, 1.54) is 15.0 Å². The minimum Gasteiger partial charge on any atom is -0.304 e. The predicted molar refractivity (Wildman–Crippen MR) is 84.7 cm³/mol. The molecule has 0 saturated heterocycles. The van der Waals surface area contributed by atoms with Gasteiger partial charge in [0.25, 0.3) is 0 Å². The Morgan fingerprint density at radius 1 is 1.37 bits per heavy atom. The van der Waals surface area contributed by atoms with Crippen LogP contribution in [0.1, 0.15) is 43.3 Å². The van der Waals surface area contributed by atoms with Crippen LogP contribution in [-0.4, -0.2) is 16.3 Å². The van der Waals surface area contributed by atoms with Gasteiger partial charge >= 0.3 is 0 Å². The van der Waals surface area contributed by atoms with Crippen LogP contribution in [0.5, 0.6) is 0 Å². The molecule has 0 spiro atoms. The monoisotopic (exact) mass is 341 g/mol. The van der Waals surface area contributed by atoms with Crippen LogP contribution in [0, 0.1) is 0 Å². The maximum atomic E-state index is 4.44. The quantitative estimate of drug-likeness (QED) is 0.817. The summed E-state index contributed by atoms with van der Waals surface area (Å²) in [5.41, 5.74) is 1.25. The summed E-state index contributed by atoms with van der Waals surface area (Å²) < 4.78 is 3.29. The van der Waals surface area contributed by atoms with Gasteiger partial charge in [-0.2, -0.15) is 5.10 Å². The Hall–Kier alpha value is -0.650. The minimum atomic E-state index is 0.225. The molecule has 104 valence electrons. The summed E-state index contributed by atoms with van der Waals surface area (Å²) in [6, 6.07) is 4.46. The van der Waals surface area contributed by atoms with Crippen LogP contribution in [-0.2, 0) is 6.54 Å². The molecule has 19 heavy (non-hydrogen) atoms. The molecule has 2 aromatic rings. The minimum absolute atomic E-state index is 0.225. The molecule has 0 fully saturated rings. The van der Waals surface area contributed by atoms with Crippen molar-refractivity contribution in [3.63, 3.8) is 0 Å². The van der Waals surface area contributed by atoms with Gasteiger partial charge in [-0.05, 0) is 52.8 Å². The Morgan fingerprint density at radius 3 is 2.84 bits per heavy atom. The molecule has 0 amide bonds. The van der Waals surface area contributed by atoms with E-state index in [4.69, 9.17) is 0 Å². The second-order valence-electron chi connectivity index (χ2n) is 4.50. The number of nitrogens with one attached hydrogen (secondary N) is 1. The van der Waals surface area contributed by atoms with Crippen LogP contribution in [0.4, 0.5) is 0 Å². The molecule has 0 radical (unpaired) electrons. The van der Waals surface area contributed by atoms with Gasteiger partial charge in [-0.25, -0.2) is 0 Å². The molecule has 5 heteroatoms. The molecule has 3 nitrogen and oxygen atoms in total. The number of hydrogen-bond acceptors (Lipinski definition) is 3. The van der Waals surface area contributed by atoms with E-state index in [0.717, 1.165) is 25.9 Å². The van der Waals surface area contributed by atoms with Crippen LogP contribution in [0.3, 0.4) is 0 Å². The van der Waals surface area contributed by atoms with Crippen LogP contribution < -0.4 is 5.32 Å². The van der Waals surface area contributed by atoms with Crippen molar-refractivity contribution in [1.29, 1.82) is 0 Å². The Kier molecular flexibility index (Phi) is 5.60. The molecule has 1 atom stereocenters. The number of thiophene rings is 1. The first kappa shape index (κ1) is 14.8. The van der Waals surface area contributed by atoms with E-state index in [1.807, 2.05) is 6.20 Å². The molecule has 2 rings (SSSR count). The standard InChI is InChI=1S/C14H20BrN3S/c1-3-7-16-13(14-11(15)6-10-19-14)12-5-8-17-18(12)9-4-2/h5-6,8,10,13,16H,3-4,7,9H2,1-2H3. The van der Waals surface area contributed by atoms with Crippen molar-refractivity contribution < 1.29 is 0 Å². The normalized spacial score (nSPS) is 12.8. The lowest BCUT2D eigenvalue weighted by atomic mass is 10.1. The van der Waals surface area contributed by atoms with Gasteiger partial charge in [-0.15, -0.1) is 11.3 Å². The highest BCUT2D eigenvalue weighted by atomic mass is 79.9. The second kappa shape index (κ2) is 7.22. The molecule has 2 aromatic heterocycles. The molecule has 0 saturated carbocycles. The number of hydrogen-bond donors (Lipinski definition) is 1. The fourth-order valence-electron chi connectivity index (χ4n) is 2.12. The average molecular weight is 342 g/mol. The molecular weight excluding hydrogens is 322 g/mol. The van der Waals surface area contributed by atoms with Crippen molar-refractivity contribution >= 4 is 27.3 Å². The highest BCUT2D eigenvalue weighted by Gasteiger charge is 2.20. The van der Waals surface area contributed by atoms with E-state index in [2.05, 4.69) is 62.4 Å². The third-order valence-corrected chi connectivity index (χ3v) is 4.92. The zero-order valence-corrected chi connectivity index (χ0v) is 13.8. The summed E-state index contributed by atoms with van der Waals surface area (Å²) in [5.74, 6) is 0. The van der Waals surface area contributed by atoms with Crippen LogP contribution in [0.25, 0.3) is 0 Å². The zero-order valence-electron chi connectivity index (χ0n) is 11.4. The maximum Gasteiger partial charge on any atom is 0.0853 e. The summed E-state index contributed by atoms with van der Waals surface area (Å²) in [6.07, 6.45) is 4.12. The van der Waals surface area contributed by atoms with Crippen LogP contribution >= 0.6 is 27.3 Å². The van der Waals surface area contributed by atoms with Crippen molar-refractivity contribution in [2.24, 2.45) is 0 Å². The van der Waals surface area contributed by atoms with Crippen LogP contribution in [0.15, 0.2) is 28.2 Å². The molecule has 0 aliphatic heterocycles. The van der Waals surface area contributed by atoms with Crippen molar-refractivity contribution in [3.8, 4) is 0 Å². The fraction of sp³-hybridized carbons (Fsp3) is 0.500. The fourth-order valence-corrected chi connectivity index (χ4v) is 3.81. The van der Waals surface area contributed by atoms with E-state index in [-0.39, 0.29) is 6.04 Å². The SMILES string of the molecule is CCCNC(c1sccc1Br)c1ccnn1CCC. The Bertz CT molecular complexity index is 506. The Morgan fingerprint density at radius 2 is 2.21 bits per heavy atom. The third kappa shape index (κ3) is 3.46. The highest BCUT2D eigenvalue weighted by molar-refractivity contribution is 9.10. The lowest BCUT2D eigenvalue weighted by Gasteiger charge is -2.19. The van der Waals surface area contributed by atoms with E-state index in [9.17, 15) is 0 Å². The van der Waals surface area contributed by atoms with Gasteiger partial charge in [0.15, 0.2) is 0 Å². The Labute approximate surface area is 127 Å². The summed E-state index contributed by atoms with van der Waals surface area (Å²) in [5, 5.41) is 10.2. The number of nitrogens with zero attached hydrogens (tertiary/aromatic N) is 2. The zero-order chi connectivity index (χ0) is 13.7. The number of aromatic nitrogens is 2. The number of aryl methyl sites for hydroxylation is 1. The van der Waals surface area contributed by atoms with E-state index in [0.29, 0.717) is 0 Å². The van der Waals surface area contributed by atoms with Crippen LogP contribution in [0.2, 0.25) is 0 Å². The van der Waals surface area contributed by atoms with Crippen molar-refractivity contribution in [1.82, 2.24) is 15.1 Å². The van der Waals surface area contributed by atoms with Crippen molar-refractivity contribution in [2.75, 3.05) is 6.54 Å². The summed E-state index contributed by atoms with van der Waals surface area (Å²) in [7, 11) is 0. The second-order valence-corrected chi connectivity index (χ2v) is 6.30. The maximum absolute atomic E-state index is 4.44. The number of rotatable bonds is 7. The van der Waals surface area contributed by atoms with Crippen molar-refractivity contribution in [2.45, 2.75) is 39.3 Å². The van der Waals surface area contributed by atoms with Gasteiger partial charge in [0, 0.05) is 22.1 Å². The van der Waals surface area contributed by atoms with Gasteiger partial charge in [0.05, 0.1) is 11.7 Å². The third-order valence-electron chi connectivity index (χ3n) is 2.99. The smallest absolute Gasteiger partial charge is 0.0853 e. The number of halogens is 1. The van der Waals surface area contributed by atoms with Gasteiger partial charge in [0.1, 0.15) is 0 Å². The molecule has 0 aliphatic rings. The topological polar surface area (TPSA) is 29.9 Å². The predicted octanol–water partition coefficient (Wildman–Crippen LogP) is 4.21. The van der Waals surface area contributed by atoms with Gasteiger partial charge in [-0.3, -0.25) is 4.68 Å². The first-order chi connectivity index (χ1) is 9.27. The summed E-state index contributed by atoms with van der Waals surface area (Å²) in [4.78, 5) is 1.33. The molecule has 0 bridgehead atoms. The van der Waals surface area contributed by atoms with E-state index in [1.54, 1.807) is 11.3 Å². The lowest BCUT2D eigenvalue weighted by molar-refractivity contribution is 0.514. The van der Waals surface area contributed by atoms with Gasteiger partial charge in [0.2, 0.25) is 0 Å². The molecule has 0 aliphatic carbocycles. The van der Waals surface area contributed by atoms with E-state index >= 15 is 0 Å². The molecule has 1 unspecified atom stereocenters. The molecule has 2 heterocycles. The molecular formula is C14H20BrN3S. The Balaban J connectivity index is 2.31. The average Bonchev–Trinajstić information content (AvgIpc) is 3.01. The summed E-state index contributed by atoms with van der Waals surface area (Å²) in [6.45, 7) is 6.35. The molecule has 0 aromatic carbocycles.